The van der Waals surface area contributed by atoms with Gasteiger partial charge in [-0.2, -0.15) is 8.42 Å². The lowest BCUT2D eigenvalue weighted by atomic mass is 10.3. The molecule has 0 amide bonds. The molecule has 0 radical (unpaired) electrons. The number of unbranched alkanes of at least 4 members (excludes halogenated alkanes) is 1. The molecule has 0 bridgehead atoms. The van der Waals surface area contributed by atoms with E-state index in [2.05, 4.69) is 12.2 Å². The fraction of sp³-hybridized carbons (Fsp3) is 1.00. The van der Waals surface area contributed by atoms with Crippen LogP contribution in [0.3, 0.4) is 0 Å². The van der Waals surface area contributed by atoms with Gasteiger partial charge in [0.1, 0.15) is 0 Å². The molecule has 4 nitrogen and oxygen atoms in total. The maximum atomic E-state index is 10.3. The molecule has 0 atom stereocenters. The van der Waals surface area contributed by atoms with Gasteiger partial charge in [-0.15, -0.1) is 0 Å². The zero-order valence-corrected chi connectivity index (χ0v) is 8.23. The molecule has 0 aromatic heterocycles. The van der Waals surface area contributed by atoms with Gasteiger partial charge in [-0.3, -0.25) is 4.55 Å². The normalized spacial score (nSPS) is 11.8. The standard InChI is InChI=1S/C7H17NO3S/c1-2-5-8-6-3-4-7-12(9,10)11/h8H,2-7H2,1H3,(H,9,10,11). The van der Waals surface area contributed by atoms with Crippen LogP contribution in [0.4, 0.5) is 0 Å². The summed E-state index contributed by atoms with van der Waals surface area (Å²) in [5.74, 6) is -0.124. The molecule has 12 heavy (non-hydrogen) atoms. The van der Waals surface area contributed by atoms with Crippen molar-refractivity contribution in [2.24, 2.45) is 0 Å². The number of hydrogen-bond acceptors (Lipinski definition) is 3. The third-order valence-electron chi connectivity index (χ3n) is 1.43. The van der Waals surface area contributed by atoms with Gasteiger partial charge in [0.05, 0.1) is 5.75 Å². The average molecular weight is 195 g/mol. The fourth-order valence-corrected chi connectivity index (χ4v) is 1.41. The lowest BCUT2D eigenvalue weighted by Gasteiger charge is -2.00. The van der Waals surface area contributed by atoms with Crippen molar-refractivity contribution in [2.75, 3.05) is 18.8 Å². The predicted octanol–water partition coefficient (Wildman–Crippen LogP) is 0.654. The van der Waals surface area contributed by atoms with Gasteiger partial charge in [0.2, 0.25) is 0 Å². The van der Waals surface area contributed by atoms with Crippen molar-refractivity contribution < 1.29 is 13.0 Å². The molecule has 0 spiro atoms. The molecule has 0 aliphatic carbocycles. The van der Waals surface area contributed by atoms with E-state index in [0.29, 0.717) is 6.42 Å². The van der Waals surface area contributed by atoms with E-state index in [1.807, 2.05) is 0 Å². The Morgan fingerprint density at radius 3 is 2.42 bits per heavy atom. The molecule has 0 aromatic carbocycles. The highest BCUT2D eigenvalue weighted by molar-refractivity contribution is 7.85. The summed E-state index contributed by atoms with van der Waals surface area (Å²) >= 11 is 0. The monoisotopic (exact) mass is 195 g/mol. The Bertz CT molecular complexity index is 189. The van der Waals surface area contributed by atoms with Gasteiger partial charge in [0.15, 0.2) is 0 Å². The van der Waals surface area contributed by atoms with Gasteiger partial charge in [-0.1, -0.05) is 6.92 Å². The zero-order chi connectivity index (χ0) is 9.45. The largest absolute Gasteiger partial charge is 0.317 e. The highest BCUT2D eigenvalue weighted by Crippen LogP contribution is 1.92. The topological polar surface area (TPSA) is 66.4 Å². The van der Waals surface area contributed by atoms with Crippen LogP contribution < -0.4 is 5.32 Å². The molecule has 5 heteroatoms. The first kappa shape index (κ1) is 11.9. The second-order valence-corrected chi connectivity index (χ2v) is 4.32. The fourth-order valence-electron chi connectivity index (χ4n) is 0.836. The van der Waals surface area contributed by atoms with Crippen LogP contribution in [0.25, 0.3) is 0 Å². The molecule has 0 unspecified atom stereocenters. The highest BCUT2D eigenvalue weighted by atomic mass is 32.2. The number of rotatable bonds is 7. The smallest absolute Gasteiger partial charge is 0.264 e. The van der Waals surface area contributed by atoms with Crippen molar-refractivity contribution in [3.63, 3.8) is 0 Å². The summed E-state index contributed by atoms with van der Waals surface area (Å²) in [7, 11) is -3.74. The van der Waals surface area contributed by atoms with Crippen LogP contribution in [0, 0.1) is 0 Å². The molecule has 0 aliphatic heterocycles. The van der Waals surface area contributed by atoms with E-state index < -0.39 is 10.1 Å². The lowest BCUT2D eigenvalue weighted by molar-refractivity contribution is 0.479. The molecule has 0 heterocycles. The lowest BCUT2D eigenvalue weighted by Crippen LogP contribution is -2.16. The van der Waals surface area contributed by atoms with Gasteiger partial charge >= 0.3 is 0 Å². The third kappa shape index (κ3) is 9.87. The molecular formula is C7H17NO3S. The predicted molar refractivity (Wildman–Crippen MR) is 48.8 cm³/mol. The second kappa shape index (κ2) is 6.39. The van der Waals surface area contributed by atoms with Crippen LogP contribution in [-0.2, 0) is 10.1 Å². The van der Waals surface area contributed by atoms with Crippen molar-refractivity contribution in [1.82, 2.24) is 5.32 Å². The highest BCUT2D eigenvalue weighted by Gasteiger charge is 2.02. The first-order chi connectivity index (χ1) is 5.56. The van der Waals surface area contributed by atoms with Crippen molar-refractivity contribution in [3.05, 3.63) is 0 Å². The maximum Gasteiger partial charge on any atom is 0.264 e. The van der Waals surface area contributed by atoms with Crippen LogP contribution in [0.1, 0.15) is 26.2 Å². The van der Waals surface area contributed by atoms with Gasteiger partial charge < -0.3 is 5.32 Å². The molecule has 0 aliphatic rings. The minimum atomic E-state index is -3.74. The van der Waals surface area contributed by atoms with E-state index in [1.165, 1.54) is 0 Å². The molecule has 0 aromatic rings. The molecule has 0 fully saturated rings. The van der Waals surface area contributed by atoms with Gasteiger partial charge in [-0.25, -0.2) is 0 Å². The summed E-state index contributed by atoms with van der Waals surface area (Å²) in [5, 5.41) is 3.14. The summed E-state index contributed by atoms with van der Waals surface area (Å²) in [6.45, 7) is 3.86. The Balaban J connectivity index is 3.12. The minimum Gasteiger partial charge on any atom is -0.317 e. The van der Waals surface area contributed by atoms with E-state index in [9.17, 15) is 8.42 Å². The van der Waals surface area contributed by atoms with Crippen molar-refractivity contribution >= 4 is 10.1 Å². The Morgan fingerprint density at radius 1 is 1.25 bits per heavy atom. The van der Waals surface area contributed by atoms with Gasteiger partial charge in [0, 0.05) is 0 Å². The first-order valence-electron chi connectivity index (χ1n) is 4.22. The molecule has 74 valence electrons. The molecule has 2 N–H and O–H groups in total. The maximum absolute atomic E-state index is 10.3. The average Bonchev–Trinajstić information content (AvgIpc) is 1.94. The molecular weight excluding hydrogens is 178 g/mol. The van der Waals surface area contributed by atoms with Crippen LogP contribution in [0.15, 0.2) is 0 Å². The van der Waals surface area contributed by atoms with E-state index in [1.54, 1.807) is 0 Å². The Kier molecular flexibility index (Phi) is 6.32. The summed E-state index contributed by atoms with van der Waals surface area (Å²) in [5.41, 5.74) is 0. The second-order valence-electron chi connectivity index (χ2n) is 2.74. The van der Waals surface area contributed by atoms with Crippen molar-refractivity contribution in [2.45, 2.75) is 26.2 Å². The van der Waals surface area contributed by atoms with Crippen LogP contribution in [0.2, 0.25) is 0 Å². The number of hydrogen-bond donors (Lipinski definition) is 2. The Labute approximate surface area is 74.1 Å². The summed E-state index contributed by atoms with van der Waals surface area (Å²) in [6.07, 6.45) is 2.40. The van der Waals surface area contributed by atoms with E-state index >= 15 is 0 Å². The quantitative estimate of drug-likeness (QED) is 0.462. The third-order valence-corrected chi connectivity index (χ3v) is 2.24. The molecule has 0 saturated carbocycles. The zero-order valence-electron chi connectivity index (χ0n) is 7.41. The van der Waals surface area contributed by atoms with Crippen molar-refractivity contribution in [1.29, 1.82) is 0 Å². The van der Waals surface area contributed by atoms with E-state index in [-0.39, 0.29) is 5.75 Å². The summed E-state index contributed by atoms with van der Waals surface area (Å²) < 4.78 is 28.9. The van der Waals surface area contributed by atoms with E-state index in [0.717, 1.165) is 25.9 Å². The minimum absolute atomic E-state index is 0.124. The van der Waals surface area contributed by atoms with Gasteiger partial charge in [0.25, 0.3) is 10.1 Å². The Hall–Kier alpha value is -0.130. The summed E-state index contributed by atoms with van der Waals surface area (Å²) in [4.78, 5) is 0. The van der Waals surface area contributed by atoms with Gasteiger partial charge in [-0.05, 0) is 32.4 Å². The SMILES string of the molecule is CCCNCCCCS(=O)(=O)O. The molecule has 0 saturated heterocycles. The Morgan fingerprint density at radius 2 is 1.92 bits per heavy atom. The summed E-state index contributed by atoms with van der Waals surface area (Å²) in [6, 6.07) is 0. The van der Waals surface area contributed by atoms with Crippen LogP contribution in [-0.4, -0.2) is 31.8 Å². The van der Waals surface area contributed by atoms with E-state index in [4.69, 9.17) is 4.55 Å². The first-order valence-corrected chi connectivity index (χ1v) is 5.83. The number of nitrogens with one attached hydrogen (secondary N) is 1. The van der Waals surface area contributed by atoms with Crippen LogP contribution >= 0.6 is 0 Å². The van der Waals surface area contributed by atoms with Crippen molar-refractivity contribution in [3.8, 4) is 0 Å². The molecule has 0 rings (SSSR count). The van der Waals surface area contributed by atoms with Crippen LogP contribution in [0.5, 0.6) is 0 Å².